The summed E-state index contributed by atoms with van der Waals surface area (Å²) in [5.74, 6) is 2.28. The number of Topliss-reactive ketones (excluding diaryl/α,β-unsaturated/α-hetero) is 1. The Morgan fingerprint density at radius 2 is 2.08 bits per heavy atom. The molecule has 131 valence electrons. The van der Waals surface area contributed by atoms with Crippen molar-refractivity contribution in [1.82, 2.24) is 5.32 Å². The molecule has 1 atom stereocenters. The third kappa shape index (κ3) is 7.31. The number of hydrogen-bond donors (Lipinski definition) is 2. The standard InChI is InChI=1S/C14H16N2O3.C4H9O/c15-11-1-3-13(4-2-11)19-9-14(18)10-5-6-16-12(7-10)8-17;1-2-3-4-5/h1-4,10,16H,5-7,9,15H2;2-4H2,1H3. The minimum atomic E-state index is -0.161. The smallest absolute Gasteiger partial charge is 0.173 e. The van der Waals surface area contributed by atoms with Gasteiger partial charge in [0.25, 0.3) is 0 Å². The maximum atomic E-state index is 12.0. The predicted octanol–water partition coefficient (Wildman–Crippen LogP) is 2.15. The van der Waals surface area contributed by atoms with Gasteiger partial charge in [-0.1, -0.05) is 13.3 Å². The lowest BCUT2D eigenvalue weighted by Crippen LogP contribution is -2.33. The third-order valence-electron chi connectivity index (χ3n) is 3.62. The van der Waals surface area contributed by atoms with Gasteiger partial charge < -0.3 is 15.8 Å². The molecule has 1 aliphatic rings. The number of carbonyl (C=O) groups is 1. The maximum absolute atomic E-state index is 12.0. The molecule has 1 radical (unpaired) electrons. The summed E-state index contributed by atoms with van der Waals surface area (Å²) in [4.78, 5) is 22.5. The summed E-state index contributed by atoms with van der Waals surface area (Å²) in [6.45, 7) is 2.75. The summed E-state index contributed by atoms with van der Waals surface area (Å²) < 4.78 is 5.41. The van der Waals surface area contributed by atoms with Gasteiger partial charge in [0.05, 0.1) is 12.3 Å². The number of unbranched alkanes of at least 4 members (excludes halogenated alkanes) is 1. The summed E-state index contributed by atoms with van der Waals surface area (Å²) in [5, 5.41) is 12.4. The van der Waals surface area contributed by atoms with Gasteiger partial charge in [0.1, 0.15) is 18.3 Å². The lowest BCUT2D eigenvalue weighted by molar-refractivity contribution is -0.125. The number of ether oxygens (including phenoxy) is 1. The molecular weight excluding hydrogens is 308 g/mol. The van der Waals surface area contributed by atoms with E-state index in [1.807, 2.05) is 12.9 Å². The first-order chi connectivity index (χ1) is 11.6. The molecule has 1 aromatic rings. The van der Waals surface area contributed by atoms with E-state index in [0.29, 0.717) is 30.1 Å². The number of hydrogen-bond acceptors (Lipinski definition) is 5. The van der Waals surface area contributed by atoms with E-state index in [0.717, 1.165) is 19.3 Å². The third-order valence-corrected chi connectivity index (χ3v) is 3.62. The predicted molar refractivity (Wildman–Crippen MR) is 91.8 cm³/mol. The molecule has 0 spiro atoms. The van der Waals surface area contributed by atoms with Crippen LogP contribution in [0.1, 0.15) is 32.6 Å². The molecule has 6 heteroatoms. The zero-order valence-electron chi connectivity index (χ0n) is 14.0. The van der Waals surface area contributed by atoms with Crippen LogP contribution in [-0.2, 0) is 14.7 Å². The fraction of sp³-hybridized carbons (Fsp3) is 0.500. The van der Waals surface area contributed by atoms with Crippen LogP contribution in [0.15, 0.2) is 30.0 Å². The molecule has 1 heterocycles. The number of rotatable bonds is 6. The average molecular weight is 333 g/mol. The van der Waals surface area contributed by atoms with E-state index >= 15 is 0 Å². The minimum absolute atomic E-state index is 0.00562. The summed E-state index contributed by atoms with van der Waals surface area (Å²) in [6.07, 6.45) is 3.01. The molecule has 0 saturated carbocycles. The van der Waals surface area contributed by atoms with Gasteiger partial charge in [0.15, 0.2) is 5.78 Å². The van der Waals surface area contributed by atoms with E-state index in [1.54, 1.807) is 24.3 Å². The fourth-order valence-corrected chi connectivity index (χ4v) is 2.15. The van der Waals surface area contributed by atoms with Crippen LogP contribution < -0.4 is 15.8 Å². The molecule has 1 fully saturated rings. The Balaban J connectivity index is 0.000000505. The number of benzene rings is 1. The molecule has 2 rings (SSSR count). The molecule has 0 bridgehead atoms. The molecule has 1 unspecified atom stereocenters. The first-order valence-corrected chi connectivity index (χ1v) is 8.17. The number of ketones is 1. The van der Waals surface area contributed by atoms with Crippen molar-refractivity contribution in [2.24, 2.45) is 5.92 Å². The first-order valence-electron chi connectivity index (χ1n) is 8.17. The van der Waals surface area contributed by atoms with E-state index in [4.69, 9.17) is 10.5 Å². The zero-order valence-corrected chi connectivity index (χ0v) is 14.0. The Hall–Kier alpha value is -2.30. The SMILES string of the molecule is CCCC[O].Nc1ccc(OCC(=O)C2CCNC(=C=O)C2)cc1. The molecule has 3 N–H and O–H groups in total. The van der Waals surface area contributed by atoms with E-state index in [-0.39, 0.29) is 24.9 Å². The second-order valence-corrected chi connectivity index (χ2v) is 5.58. The van der Waals surface area contributed by atoms with Crippen molar-refractivity contribution in [2.45, 2.75) is 32.6 Å². The van der Waals surface area contributed by atoms with Crippen molar-refractivity contribution in [3.63, 3.8) is 0 Å². The van der Waals surface area contributed by atoms with Crippen LogP contribution in [-0.4, -0.2) is 31.5 Å². The zero-order chi connectivity index (χ0) is 17.8. The highest BCUT2D eigenvalue weighted by atomic mass is 16.5. The molecule has 0 aliphatic carbocycles. The Morgan fingerprint density at radius 1 is 1.38 bits per heavy atom. The van der Waals surface area contributed by atoms with Gasteiger partial charge in [-0.3, -0.25) is 4.79 Å². The van der Waals surface area contributed by atoms with E-state index in [2.05, 4.69) is 5.32 Å². The number of nitrogen functional groups attached to an aromatic ring is 1. The molecule has 24 heavy (non-hydrogen) atoms. The molecule has 6 nitrogen and oxygen atoms in total. The second-order valence-electron chi connectivity index (χ2n) is 5.58. The van der Waals surface area contributed by atoms with Crippen molar-refractivity contribution in [1.29, 1.82) is 0 Å². The van der Waals surface area contributed by atoms with E-state index in [1.165, 1.54) is 0 Å². The normalized spacial score (nSPS) is 16.2. The van der Waals surface area contributed by atoms with Crippen molar-refractivity contribution >= 4 is 17.4 Å². The van der Waals surface area contributed by atoms with Gasteiger partial charge in [-0.2, -0.15) is 0 Å². The summed E-state index contributed by atoms with van der Waals surface area (Å²) in [6, 6.07) is 6.89. The number of nitrogens with one attached hydrogen (secondary N) is 1. The highest BCUT2D eigenvalue weighted by Crippen LogP contribution is 2.19. The van der Waals surface area contributed by atoms with Crippen LogP contribution in [0, 0.1) is 5.92 Å². The molecule has 1 aromatic carbocycles. The van der Waals surface area contributed by atoms with Crippen LogP contribution in [0.5, 0.6) is 5.75 Å². The highest BCUT2D eigenvalue weighted by molar-refractivity contribution is 5.83. The van der Waals surface area contributed by atoms with Crippen LogP contribution in [0.2, 0.25) is 0 Å². The van der Waals surface area contributed by atoms with Gasteiger partial charge in [-0.25, -0.2) is 9.90 Å². The molecular formula is C18H25N2O4. The van der Waals surface area contributed by atoms with E-state index < -0.39 is 0 Å². The lowest BCUT2D eigenvalue weighted by atomic mass is 9.92. The first kappa shape index (κ1) is 19.7. The largest absolute Gasteiger partial charge is 0.486 e. The molecule has 1 aliphatic heterocycles. The minimum Gasteiger partial charge on any atom is -0.486 e. The monoisotopic (exact) mass is 333 g/mol. The Morgan fingerprint density at radius 3 is 2.62 bits per heavy atom. The van der Waals surface area contributed by atoms with Crippen molar-refractivity contribution in [2.75, 3.05) is 25.5 Å². The Kier molecular flexibility index (Phi) is 9.27. The van der Waals surface area contributed by atoms with Crippen LogP contribution in [0.4, 0.5) is 5.69 Å². The summed E-state index contributed by atoms with van der Waals surface area (Å²) >= 11 is 0. The van der Waals surface area contributed by atoms with Crippen molar-refractivity contribution in [3.05, 3.63) is 30.0 Å². The van der Waals surface area contributed by atoms with Crippen molar-refractivity contribution in [3.8, 4) is 5.75 Å². The summed E-state index contributed by atoms with van der Waals surface area (Å²) in [7, 11) is 0. The molecule has 0 aromatic heterocycles. The van der Waals surface area contributed by atoms with Gasteiger partial charge >= 0.3 is 0 Å². The quantitative estimate of drug-likeness (QED) is 0.613. The van der Waals surface area contributed by atoms with Crippen molar-refractivity contribution < 1.29 is 19.4 Å². The number of nitrogens with two attached hydrogens (primary N) is 1. The average Bonchev–Trinajstić information content (AvgIpc) is 2.62. The maximum Gasteiger partial charge on any atom is 0.173 e. The lowest BCUT2D eigenvalue weighted by Gasteiger charge is -2.22. The number of piperidine rings is 1. The van der Waals surface area contributed by atoms with E-state index in [9.17, 15) is 14.7 Å². The van der Waals surface area contributed by atoms with Gasteiger partial charge in [0, 0.05) is 24.6 Å². The van der Waals surface area contributed by atoms with Crippen LogP contribution in [0.25, 0.3) is 0 Å². The van der Waals surface area contributed by atoms with Gasteiger partial charge in [-0.15, -0.1) is 0 Å². The number of allylic oxidation sites excluding steroid dienone is 1. The number of carbonyl (C=O) groups excluding carboxylic acids is 2. The topological polar surface area (TPSA) is 101 Å². The molecule has 1 saturated heterocycles. The van der Waals surface area contributed by atoms with Gasteiger partial charge in [-0.05, 0) is 37.1 Å². The fourth-order valence-electron chi connectivity index (χ4n) is 2.15. The second kappa shape index (κ2) is 11.3. The highest BCUT2D eigenvalue weighted by Gasteiger charge is 2.24. The van der Waals surface area contributed by atoms with Gasteiger partial charge in [0.2, 0.25) is 0 Å². The summed E-state index contributed by atoms with van der Waals surface area (Å²) in [5.41, 5.74) is 6.68. The number of anilines is 1. The Bertz CT molecular complexity index is 549. The molecule has 0 amide bonds. The van der Waals surface area contributed by atoms with Crippen LogP contribution >= 0.6 is 0 Å². The van der Waals surface area contributed by atoms with Crippen LogP contribution in [0.3, 0.4) is 0 Å². The Labute approximate surface area is 142 Å².